The first-order chi connectivity index (χ1) is 7.14. The molecule has 4 nitrogen and oxygen atoms in total. The predicted molar refractivity (Wildman–Crippen MR) is 58.1 cm³/mol. The Hall–Kier alpha value is -0.610. The molecule has 15 heavy (non-hydrogen) atoms. The average Bonchev–Trinajstić information content (AvgIpc) is 2.95. The Labute approximate surface area is 94.6 Å². The molecule has 2 rings (SSSR count). The molecule has 1 saturated heterocycles. The van der Waals surface area contributed by atoms with Crippen LogP contribution in [0.25, 0.3) is 0 Å². The van der Waals surface area contributed by atoms with Gasteiger partial charge in [-0.05, 0) is 26.7 Å². The minimum Gasteiger partial charge on any atom is -0.371 e. The van der Waals surface area contributed by atoms with Gasteiger partial charge >= 0.3 is 0 Å². The van der Waals surface area contributed by atoms with Crippen molar-refractivity contribution in [3.05, 3.63) is 11.9 Å². The van der Waals surface area contributed by atoms with Crippen LogP contribution >= 0.6 is 11.6 Å². The van der Waals surface area contributed by atoms with E-state index in [2.05, 4.69) is 24.2 Å². The van der Waals surface area contributed by atoms with Gasteiger partial charge in [-0.3, -0.25) is 0 Å². The van der Waals surface area contributed by atoms with E-state index in [9.17, 15) is 0 Å². The monoisotopic (exact) mass is 229 g/mol. The topological polar surface area (TPSA) is 43.2 Å². The van der Waals surface area contributed by atoms with Gasteiger partial charge < -0.3 is 4.74 Å². The second-order valence-electron chi connectivity index (χ2n) is 4.42. The zero-order valence-electron chi connectivity index (χ0n) is 9.11. The summed E-state index contributed by atoms with van der Waals surface area (Å²) in [6, 6.07) is 0. The van der Waals surface area contributed by atoms with Crippen molar-refractivity contribution in [1.29, 1.82) is 0 Å². The molecule has 0 saturated carbocycles. The van der Waals surface area contributed by atoms with Gasteiger partial charge in [0.2, 0.25) is 0 Å². The second kappa shape index (κ2) is 4.10. The Morgan fingerprint density at radius 1 is 1.67 bits per heavy atom. The van der Waals surface area contributed by atoms with Crippen LogP contribution in [0.15, 0.2) is 6.20 Å². The molecule has 0 aliphatic carbocycles. The van der Waals surface area contributed by atoms with E-state index in [1.54, 1.807) is 0 Å². The molecule has 1 aliphatic rings. The molecule has 0 bridgehead atoms. The molecule has 0 N–H and O–H groups in total. The maximum atomic E-state index is 5.63. The molecule has 84 valence electrons. The third-order valence-corrected chi connectivity index (χ3v) is 3.09. The zero-order valence-corrected chi connectivity index (χ0v) is 9.87. The first-order valence-corrected chi connectivity index (χ1v) is 5.77. The van der Waals surface area contributed by atoms with E-state index in [1.807, 2.05) is 10.9 Å². The van der Waals surface area contributed by atoms with Crippen molar-refractivity contribution in [3.8, 4) is 0 Å². The molecule has 1 aromatic rings. The summed E-state index contributed by atoms with van der Waals surface area (Å²) < 4.78 is 7.21. The molecule has 5 heteroatoms. The number of hydrogen-bond acceptors (Lipinski definition) is 3. The summed E-state index contributed by atoms with van der Waals surface area (Å²) in [6.45, 7) is 5.05. The molecule has 1 fully saturated rings. The molecule has 0 aromatic carbocycles. The van der Waals surface area contributed by atoms with E-state index in [1.165, 1.54) is 0 Å². The SMILES string of the molecule is CC(C)(C1CO1)n1cc(CCCCl)nn1. The fourth-order valence-corrected chi connectivity index (χ4v) is 1.68. The predicted octanol–water partition coefficient (Wildman–Crippen LogP) is 1.58. The Morgan fingerprint density at radius 2 is 2.40 bits per heavy atom. The van der Waals surface area contributed by atoms with Crippen LogP contribution < -0.4 is 0 Å². The van der Waals surface area contributed by atoms with Gasteiger partial charge in [-0.1, -0.05) is 5.21 Å². The minimum atomic E-state index is -0.0911. The molecule has 2 heterocycles. The summed E-state index contributed by atoms with van der Waals surface area (Å²) in [5.41, 5.74) is 0.913. The van der Waals surface area contributed by atoms with Crippen LogP contribution in [0, 0.1) is 0 Å². The van der Waals surface area contributed by atoms with E-state index in [0.717, 1.165) is 25.1 Å². The van der Waals surface area contributed by atoms with E-state index >= 15 is 0 Å². The van der Waals surface area contributed by atoms with Crippen molar-refractivity contribution in [2.24, 2.45) is 0 Å². The van der Waals surface area contributed by atoms with Crippen molar-refractivity contribution in [1.82, 2.24) is 15.0 Å². The number of alkyl halides is 1. The second-order valence-corrected chi connectivity index (χ2v) is 4.80. The van der Waals surface area contributed by atoms with Crippen LogP contribution in [-0.2, 0) is 16.7 Å². The van der Waals surface area contributed by atoms with Gasteiger partial charge in [-0.2, -0.15) is 0 Å². The number of nitrogens with zero attached hydrogens (tertiary/aromatic N) is 3. The Bertz CT molecular complexity index is 333. The van der Waals surface area contributed by atoms with Gasteiger partial charge in [0, 0.05) is 12.1 Å². The maximum Gasteiger partial charge on any atom is 0.106 e. The molecule has 0 spiro atoms. The van der Waals surface area contributed by atoms with Gasteiger partial charge in [0.05, 0.1) is 17.8 Å². The largest absolute Gasteiger partial charge is 0.371 e. The number of ether oxygens (including phenoxy) is 1. The highest BCUT2D eigenvalue weighted by molar-refractivity contribution is 6.17. The molecule has 1 atom stereocenters. The zero-order chi connectivity index (χ0) is 10.9. The molecule has 1 aromatic heterocycles. The standard InChI is InChI=1S/C10H16ClN3O/c1-10(2,9-7-15-9)14-6-8(12-13-14)4-3-5-11/h6,9H,3-5,7H2,1-2H3. The highest BCUT2D eigenvalue weighted by atomic mass is 35.5. The van der Waals surface area contributed by atoms with E-state index in [4.69, 9.17) is 16.3 Å². The first kappa shape index (κ1) is 10.9. The van der Waals surface area contributed by atoms with Crippen LogP contribution in [-0.4, -0.2) is 33.6 Å². The number of hydrogen-bond donors (Lipinski definition) is 0. The lowest BCUT2D eigenvalue weighted by molar-refractivity contribution is 0.221. The highest BCUT2D eigenvalue weighted by Crippen LogP contribution is 2.30. The number of epoxide rings is 1. The number of aromatic nitrogens is 3. The van der Waals surface area contributed by atoms with Crippen molar-refractivity contribution >= 4 is 11.6 Å². The fraction of sp³-hybridized carbons (Fsp3) is 0.800. The van der Waals surface area contributed by atoms with Crippen molar-refractivity contribution in [2.75, 3.05) is 12.5 Å². The summed E-state index contributed by atoms with van der Waals surface area (Å²) in [5, 5.41) is 8.27. The van der Waals surface area contributed by atoms with Gasteiger partial charge in [0.15, 0.2) is 0 Å². The minimum absolute atomic E-state index is 0.0911. The quantitative estimate of drug-likeness (QED) is 0.569. The van der Waals surface area contributed by atoms with Crippen LogP contribution in [0.2, 0.25) is 0 Å². The first-order valence-electron chi connectivity index (χ1n) is 5.24. The summed E-state index contributed by atoms with van der Waals surface area (Å²) in [4.78, 5) is 0. The Morgan fingerprint density at radius 3 is 3.00 bits per heavy atom. The van der Waals surface area contributed by atoms with Crippen LogP contribution in [0.4, 0.5) is 0 Å². The molecule has 0 amide bonds. The van der Waals surface area contributed by atoms with Gasteiger partial charge in [0.25, 0.3) is 0 Å². The normalized spacial score (nSPS) is 20.6. The van der Waals surface area contributed by atoms with Gasteiger partial charge in [-0.25, -0.2) is 4.68 Å². The molecule has 0 radical (unpaired) electrons. The fourth-order valence-electron chi connectivity index (χ4n) is 1.55. The summed E-state index contributed by atoms with van der Waals surface area (Å²) in [5.74, 6) is 0.669. The molecular formula is C10H16ClN3O. The smallest absolute Gasteiger partial charge is 0.106 e. The lowest BCUT2D eigenvalue weighted by atomic mass is 10.0. The number of halogens is 1. The highest BCUT2D eigenvalue weighted by Gasteiger charge is 2.41. The van der Waals surface area contributed by atoms with E-state index in [0.29, 0.717) is 5.88 Å². The van der Waals surface area contributed by atoms with Crippen molar-refractivity contribution in [3.63, 3.8) is 0 Å². The van der Waals surface area contributed by atoms with Crippen LogP contribution in [0.3, 0.4) is 0 Å². The number of aryl methyl sites for hydroxylation is 1. The Kier molecular flexibility index (Phi) is 2.98. The van der Waals surface area contributed by atoms with Gasteiger partial charge in [-0.15, -0.1) is 16.7 Å². The third kappa shape index (κ3) is 2.32. The molecule has 1 unspecified atom stereocenters. The lowest BCUT2D eigenvalue weighted by Crippen LogP contribution is -2.33. The summed E-state index contributed by atoms with van der Waals surface area (Å²) in [6.07, 6.45) is 4.11. The average molecular weight is 230 g/mol. The van der Waals surface area contributed by atoms with Crippen LogP contribution in [0.1, 0.15) is 26.0 Å². The van der Waals surface area contributed by atoms with Crippen molar-refractivity contribution in [2.45, 2.75) is 38.3 Å². The van der Waals surface area contributed by atoms with Crippen molar-refractivity contribution < 1.29 is 4.74 Å². The third-order valence-electron chi connectivity index (χ3n) is 2.82. The lowest BCUT2D eigenvalue weighted by Gasteiger charge is -2.21. The molecule has 1 aliphatic heterocycles. The summed E-state index contributed by atoms with van der Waals surface area (Å²) in [7, 11) is 0. The molecular weight excluding hydrogens is 214 g/mol. The van der Waals surface area contributed by atoms with Crippen LogP contribution in [0.5, 0.6) is 0 Å². The Balaban J connectivity index is 2.05. The summed E-state index contributed by atoms with van der Waals surface area (Å²) >= 11 is 5.63. The number of rotatable bonds is 5. The van der Waals surface area contributed by atoms with Gasteiger partial charge in [0.1, 0.15) is 6.10 Å². The maximum absolute atomic E-state index is 5.63. The van der Waals surface area contributed by atoms with E-state index in [-0.39, 0.29) is 11.6 Å². The van der Waals surface area contributed by atoms with E-state index < -0.39 is 0 Å².